The fourth-order valence-electron chi connectivity index (χ4n) is 4.52. The molecule has 146 valence electrons. The van der Waals surface area contributed by atoms with E-state index in [9.17, 15) is 4.79 Å². The maximum Gasteiger partial charge on any atom is 0.265 e. The number of hydrogen-bond donors (Lipinski definition) is 0. The smallest absolute Gasteiger partial charge is 0.265 e. The molecule has 4 aliphatic rings. The molecule has 27 heavy (non-hydrogen) atoms. The van der Waals surface area contributed by atoms with Crippen LogP contribution in [0.25, 0.3) is 0 Å². The Kier molecular flexibility index (Phi) is 4.63. The fraction of sp³-hybridized carbons (Fsp3) is 0.700. The van der Waals surface area contributed by atoms with Gasteiger partial charge in [0.25, 0.3) is 5.91 Å². The average molecular weight is 372 g/mol. The minimum absolute atomic E-state index is 0.0765. The lowest BCUT2D eigenvalue weighted by Crippen LogP contribution is -2.72. The molecule has 0 radical (unpaired) electrons. The topological polar surface area (TPSA) is 58.1 Å². The lowest BCUT2D eigenvalue weighted by molar-refractivity contribution is -0.216. The maximum absolute atomic E-state index is 12.9. The van der Waals surface area contributed by atoms with Crippen LogP contribution < -0.4 is 0 Å². The molecule has 5 rings (SSSR count). The summed E-state index contributed by atoms with van der Waals surface area (Å²) in [6.07, 6.45) is 5.35. The number of aromatic nitrogens is 1. The van der Waals surface area contributed by atoms with E-state index in [0.717, 1.165) is 50.8 Å². The molecule has 1 saturated carbocycles. The summed E-state index contributed by atoms with van der Waals surface area (Å²) in [5, 5.41) is 1.56. The van der Waals surface area contributed by atoms with Crippen molar-refractivity contribution in [1.29, 1.82) is 0 Å². The van der Waals surface area contributed by atoms with Gasteiger partial charge in [-0.2, -0.15) is 0 Å². The summed E-state index contributed by atoms with van der Waals surface area (Å²) in [4.78, 5) is 27.6. The first-order valence-electron chi connectivity index (χ1n) is 10.2. The van der Waals surface area contributed by atoms with Crippen LogP contribution in [0.5, 0.6) is 0 Å². The van der Waals surface area contributed by atoms with Crippen LogP contribution >= 0.6 is 0 Å². The molecular formula is C20H28N4O3. The van der Waals surface area contributed by atoms with E-state index in [1.807, 2.05) is 18.3 Å². The van der Waals surface area contributed by atoms with Crippen molar-refractivity contribution in [3.05, 3.63) is 30.1 Å². The van der Waals surface area contributed by atoms with E-state index in [1.54, 1.807) is 5.06 Å². The number of nitrogens with zero attached hydrogens (tertiary/aromatic N) is 4. The van der Waals surface area contributed by atoms with Gasteiger partial charge in [-0.3, -0.25) is 24.4 Å². The zero-order chi connectivity index (χ0) is 18.3. The molecule has 7 nitrogen and oxygen atoms in total. The molecule has 3 aliphatic heterocycles. The van der Waals surface area contributed by atoms with Crippen molar-refractivity contribution in [3.8, 4) is 0 Å². The summed E-state index contributed by atoms with van der Waals surface area (Å²) in [7, 11) is 0. The second-order valence-corrected chi connectivity index (χ2v) is 8.48. The maximum atomic E-state index is 12.9. The summed E-state index contributed by atoms with van der Waals surface area (Å²) in [6, 6.07) is 5.85. The third-order valence-electron chi connectivity index (χ3n) is 6.09. The van der Waals surface area contributed by atoms with Gasteiger partial charge in [0.15, 0.2) is 0 Å². The Labute approximate surface area is 160 Å². The monoisotopic (exact) mass is 372 g/mol. The molecule has 0 bridgehead atoms. The first-order valence-corrected chi connectivity index (χ1v) is 10.2. The fourth-order valence-corrected chi connectivity index (χ4v) is 4.52. The number of pyridine rings is 1. The van der Waals surface area contributed by atoms with Gasteiger partial charge in [0.1, 0.15) is 11.6 Å². The summed E-state index contributed by atoms with van der Waals surface area (Å²) in [5.41, 5.74) is 0.962. The van der Waals surface area contributed by atoms with Gasteiger partial charge >= 0.3 is 0 Å². The zero-order valence-electron chi connectivity index (χ0n) is 15.8. The second kappa shape index (κ2) is 7.13. The van der Waals surface area contributed by atoms with Gasteiger partial charge in [0, 0.05) is 38.9 Å². The van der Waals surface area contributed by atoms with E-state index in [1.165, 1.54) is 12.8 Å². The van der Waals surface area contributed by atoms with Gasteiger partial charge in [0.05, 0.1) is 25.5 Å². The normalized spacial score (nSPS) is 28.4. The Hall–Kier alpha value is -1.54. The molecule has 3 saturated heterocycles. The minimum atomic E-state index is -0.195. The molecule has 7 heteroatoms. The number of ether oxygens (including phenoxy) is 1. The molecular weight excluding hydrogens is 344 g/mol. The summed E-state index contributed by atoms with van der Waals surface area (Å²) < 4.78 is 6.29. The Morgan fingerprint density at radius 2 is 2.15 bits per heavy atom. The van der Waals surface area contributed by atoms with Crippen LogP contribution in [0.3, 0.4) is 0 Å². The number of carbonyl (C=O) groups is 1. The molecule has 0 N–H and O–H groups in total. The van der Waals surface area contributed by atoms with E-state index in [4.69, 9.17) is 9.57 Å². The highest BCUT2D eigenvalue weighted by Crippen LogP contribution is 2.36. The molecule has 1 spiro atoms. The highest BCUT2D eigenvalue weighted by molar-refractivity contribution is 5.81. The summed E-state index contributed by atoms with van der Waals surface area (Å²) >= 11 is 0. The Bertz CT molecular complexity index is 669. The van der Waals surface area contributed by atoms with Crippen molar-refractivity contribution in [2.45, 2.75) is 37.5 Å². The van der Waals surface area contributed by atoms with Gasteiger partial charge in [0.2, 0.25) is 0 Å². The van der Waals surface area contributed by atoms with Crippen molar-refractivity contribution in [1.82, 2.24) is 19.8 Å². The van der Waals surface area contributed by atoms with Crippen molar-refractivity contribution in [2.75, 3.05) is 45.9 Å². The van der Waals surface area contributed by atoms with Gasteiger partial charge < -0.3 is 4.74 Å². The molecule has 4 heterocycles. The largest absolute Gasteiger partial charge is 0.369 e. The van der Waals surface area contributed by atoms with Crippen LogP contribution in [0.15, 0.2) is 24.4 Å². The van der Waals surface area contributed by atoms with Gasteiger partial charge in [-0.15, -0.1) is 0 Å². The highest BCUT2D eigenvalue weighted by Gasteiger charge is 2.51. The van der Waals surface area contributed by atoms with Crippen molar-refractivity contribution < 1.29 is 14.4 Å². The number of amides is 1. The van der Waals surface area contributed by atoms with Gasteiger partial charge in [-0.25, -0.2) is 5.06 Å². The van der Waals surface area contributed by atoms with E-state index in [2.05, 4.69) is 20.9 Å². The predicted molar refractivity (Wildman–Crippen MR) is 98.6 cm³/mol. The molecule has 4 fully saturated rings. The van der Waals surface area contributed by atoms with Crippen LogP contribution in [0.1, 0.15) is 25.0 Å². The number of rotatable bonds is 5. The Balaban J connectivity index is 1.21. The van der Waals surface area contributed by atoms with Crippen molar-refractivity contribution >= 4 is 5.91 Å². The number of morpholine rings is 1. The number of hydrogen-bond acceptors (Lipinski definition) is 6. The molecule has 1 atom stereocenters. The Morgan fingerprint density at radius 3 is 2.85 bits per heavy atom. The second-order valence-electron chi connectivity index (χ2n) is 8.48. The van der Waals surface area contributed by atoms with E-state index >= 15 is 0 Å². The molecule has 1 amide bonds. The van der Waals surface area contributed by atoms with Crippen molar-refractivity contribution in [3.63, 3.8) is 0 Å². The summed E-state index contributed by atoms with van der Waals surface area (Å²) in [5.74, 6) is 0.826. The SMILES string of the molecule is O=C([C@@H]1COC2(CN(Cc3ccccn3)C2)CN1CC1CC1)N1CCCO1. The van der Waals surface area contributed by atoms with Gasteiger partial charge in [-0.1, -0.05) is 6.07 Å². The average Bonchev–Trinajstić information content (AvgIpc) is 3.30. The zero-order valence-corrected chi connectivity index (χ0v) is 15.8. The molecule has 1 aliphatic carbocycles. The van der Waals surface area contributed by atoms with Crippen molar-refractivity contribution in [2.24, 2.45) is 5.92 Å². The highest BCUT2D eigenvalue weighted by atomic mass is 16.7. The third-order valence-corrected chi connectivity index (χ3v) is 6.09. The van der Waals surface area contributed by atoms with Crippen LogP contribution in [-0.4, -0.2) is 83.3 Å². The van der Waals surface area contributed by atoms with E-state index < -0.39 is 0 Å². The minimum Gasteiger partial charge on any atom is -0.369 e. The first-order chi connectivity index (χ1) is 13.2. The first kappa shape index (κ1) is 17.6. The lowest BCUT2D eigenvalue weighted by Gasteiger charge is -2.55. The van der Waals surface area contributed by atoms with E-state index in [0.29, 0.717) is 19.8 Å². The Morgan fingerprint density at radius 1 is 1.26 bits per heavy atom. The molecule has 1 aromatic heterocycles. The molecule has 0 aromatic carbocycles. The third kappa shape index (κ3) is 3.74. The predicted octanol–water partition coefficient (Wildman–Crippen LogP) is 0.911. The van der Waals surface area contributed by atoms with Crippen LogP contribution in [0, 0.1) is 5.92 Å². The van der Waals surface area contributed by atoms with Crippen LogP contribution in [-0.2, 0) is 20.9 Å². The quantitative estimate of drug-likeness (QED) is 0.766. The van der Waals surface area contributed by atoms with Crippen LogP contribution in [0.4, 0.5) is 0 Å². The summed E-state index contributed by atoms with van der Waals surface area (Å²) in [6.45, 7) is 6.35. The standard InChI is InChI=1S/C20H28N4O3/c25-19(24-8-3-9-27-24)18-12-26-20(15-23(18)10-16-5-6-16)13-22(14-20)11-17-4-1-2-7-21-17/h1-2,4,7,16,18H,3,5-6,8-15H2/t18-/m0/s1. The molecule has 0 unspecified atom stereocenters. The lowest BCUT2D eigenvalue weighted by atomic mass is 9.90. The number of hydroxylamine groups is 2. The number of carbonyl (C=O) groups excluding carboxylic acids is 1. The van der Waals surface area contributed by atoms with E-state index in [-0.39, 0.29) is 17.6 Å². The van der Waals surface area contributed by atoms with Crippen LogP contribution in [0.2, 0.25) is 0 Å². The molecule has 1 aromatic rings. The number of likely N-dealkylation sites (tertiary alicyclic amines) is 1. The van der Waals surface area contributed by atoms with Gasteiger partial charge in [-0.05, 0) is 37.3 Å².